The Labute approximate surface area is 187 Å². The molecule has 0 atom stereocenters. The van der Waals surface area contributed by atoms with E-state index in [0.29, 0.717) is 35.6 Å². The van der Waals surface area contributed by atoms with E-state index < -0.39 is 0 Å². The topological polar surface area (TPSA) is 95.8 Å². The lowest BCUT2D eigenvalue weighted by molar-refractivity contribution is -0.116. The van der Waals surface area contributed by atoms with E-state index in [2.05, 4.69) is 22.5 Å². The third-order valence-electron chi connectivity index (χ3n) is 5.09. The van der Waals surface area contributed by atoms with Crippen molar-refractivity contribution in [2.45, 2.75) is 47.0 Å². The number of amides is 3. The lowest BCUT2D eigenvalue weighted by Crippen LogP contribution is -2.31. The van der Waals surface area contributed by atoms with Gasteiger partial charge < -0.3 is 10.6 Å². The van der Waals surface area contributed by atoms with Crippen molar-refractivity contribution in [1.82, 2.24) is 9.38 Å². The summed E-state index contributed by atoms with van der Waals surface area (Å²) < 4.78 is 1.82. The number of nitrogens with zero attached hydrogens (tertiary/aromatic N) is 3. The molecule has 2 heterocycles. The highest BCUT2D eigenvalue weighted by Crippen LogP contribution is 2.25. The van der Waals surface area contributed by atoms with Crippen LogP contribution in [0, 0.1) is 0 Å². The summed E-state index contributed by atoms with van der Waals surface area (Å²) in [6.07, 6.45) is 4.25. The molecule has 0 aliphatic rings. The lowest BCUT2D eigenvalue weighted by atomic mass is 10.2. The summed E-state index contributed by atoms with van der Waals surface area (Å²) in [5.74, 6) is 0.234. The van der Waals surface area contributed by atoms with Crippen molar-refractivity contribution in [3.05, 3.63) is 53.9 Å². The van der Waals surface area contributed by atoms with Crippen LogP contribution in [0.4, 0.5) is 17.2 Å². The summed E-state index contributed by atoms with van der Waals surface area (Å²) in [5.41, 5.74) is 3.23. The molecule has 3 amide bonds. The number of anilines is 3. The molecule has 32 heavy (non-hydrogen) atoms. The zero-order chi connectivity index (χ0) is 23.3. The highest BCUT2D eigenvalue weighted by Gasteiger charge is 2.21. The number of nitrogens with one attached hydrogen (secondary N) is 2. The average Bonchev–Trinajstić information content (AvgIpc) is 3.12. The highest BCUT2D eigenvalue weighted by molar-refractivity contribution is 6.04. The molecule has 3 aromatic rings. The second-order valence-electron chi connectivity index (χ2n) is 7.62. The SMILES string of the molecule is CCCCN(C(C)=O)c1c(CC)nc2ccc(C(=O)Nc3ccc(NC(C)=O)cc3)cn12. The van der Waals surface area contributed by atoms with Crippen LogP contribution in [0.2, 0.25) is 0 Å². The van der Waals surface area contributed by atoms with Crippen LogP contribution in [0.25, 0.3) is 5.65 Å². The molecule has 0 aliphatic heterocycles. The van der Waals surface area contributed by atoms with Gasteiger partial charge in [0.15, 0.2) is 0 Å². The number of unbranched alkanes of at least 4 members (excludes halogenated alkanes) is 1. The van der Waals surface area contributed by atoms with Crippen LogP contribution < -0.4 is 15.5 Å². The standard InChI is InChI=1S/C24H29N5O3/c1-5-7-14-28(17(4)31)24-21(6-2)27-22-13-8-18(15-29(22)24)23(32)26-20-11-9-19(10-12-20)25-16(3)30/h8-13,15H,5-7,14H2,1-4H3,(H,25,30)(H,26,32). The lowest BCUT2D eigenvalue weighted by Gasteiger charge is -2.21. The van der Waals surface area contributed by atoms with Gasteiger partial charge in [0.25, 0.3) is 5.91 Å². The quantitative estimate of drug-likeness (QED) is 0.553. The van der Waals surface area contributed by atoms with E-state index in [1.165, 1.54) is 6.92 Å². The van der Waals surface area contributed by atoms with Crippen molar-refractivity contribution in [2.24, 2.45) is 0 Å². The fourth-order valence-corrected chi connectivity index (χ4v) is 3.51. The van der Waals surface area contributed by atoms with E-state index in [9.17, 15) is 14.4 Å². The van der Waals surface area contributed by atoms with Gasteiger partial charge in [-0.3, -0.25) is 23.7 Å². The minimum absolute atomic E-state index is 0.0518. The molecule has 0 bridgehead atoms. The Bertz CT molecular complexity index is 1130. The molecule has 0 fully saturated rings. The summed E-state index contributed by atoms with van der Waals surface area (Å²) in [4.78, 5) is 42.8. The van der Waals surface area contributed by atoms with E-state index in [4.69, 9.17) is 0 Å². The molecule has 0 saturated heterocycles. The molecule has 8 nitrogen and oxygen atoms in total. The highest BCUT2D eigenvalue weighted by atomic mass is 16.2. The second-order valence-corrected chi connectivity index (χ2v) is 7.62. The fraction of sp³-hybridized carbons (Fsp3) is 0.333. The van der Waals surface area contributed by atoms with Gasteiger partial charge in [-0.05, 0) is 49.2 Å². The number of aromatic nitrogens is 2. The van der Waals surface area contributed by atoms with Crippen LogP contribution in [-0.2, 0) is 16.0 Å². The van der Waals surface area contributed by atoms with E-state index in [-0.39, 0.29) is 17.7 Å². The van der Waals surface area contributed by atoms with Crippen molar-refractivity contribution < 1.29 is 14.4 Å². The van der Waals surface area contributed by atoms with Crippen molar-refractivity contribution in [2.75, 3.05) is 22.1 Å². The smallest absolute Gasteiger partial charge is 0.257 e. The van der Waals surface area contributed by atoms with Crippen LogP contribution in [0.1, 0.15) is 56.6 Å². The summed E-state index contributed by atoms with van der Waals surface area (Å²) in [6, 6.07) is 10.4. The first-order valence-corrected chi connectivity index (χ1v) is 10.8. The summed E-state index contributed by atoms with van der Waals surface area (Å²) in [7, 11) is 0. The molecule has 168 valence electrons. The Morgan fingerprint density at radius 3 is 2.19 bits per heavy atom. The Morgan fingerprint density at radius 1 is 0.969 bits per heavy atom. The second kappa shape index (κ2) is 10.1. The normalized spacial score (nSPS) is 10.8. The van der Waals surface area contributed by atoms with Crippen molar-refractivity contribution in [1.29, 1.82) is 0 Å². The number of rotatable bonds is 8. The first-order chi connectivity index (χ1) is 15.3. The molecular formula is C24H29N5O3. The molecule has 2 N–H and O–H groups in total. The zero-order valence-electron chi connectivity index (χ0n) is 18.9. The van der Waals surface area contributed by atoms with Gasteiger partial charge in [-0.15, -0.1) is 0 Å². The number of pyridine rings is 1. The monoisotopic (exact) mass is 435 g/mol. The number of carbonyl (C=O) groups excluding carboxylic acids is 3. The molecule has 0 saturated carbocycles. The van der Waals surface area contributed by atoms with Crippen molar-refractivity contribution in [3.63, 3.8) is 0 Å². The zero-order valence-corrected chi connectivity index (χ0v) is 18.9. The number of carbonyl (C=O) groups is 3. The molecule has 0 radical (unpaired) electrons. The van der Waals surface area contributed by atoms with E-state index in [0.717, 1.165) is 24.4 Å². The maximum atomic E-state index is 12.9. The largest absolute Gasteiger partial charge is 0.326 e. The Morgan fingerprint density at radius 2 is 1.62 bits per heavy atom. The summed E-state index contributed by atoms with van der Waals surface area (Å²) >= 11 is 0. The number of fused-ring (bicyclic) bond motifs is 1. The molecule has 8 heteroatoms. The molecule has 0 aliphatic carbocycles. The maximum absolute atomic E-state index is 12.9. The average molecular weight is 436 g/mol. The van der Waals surface area contributed by atoms with E-state index >= 15 is 0 Å². The summed E-state index contributed by atoms with van der Waals surface area (Å²) in [6.45, 7) is 7.68. The number of imidazole rings is 1. The van der Waals surface area contributed by atoms with Crippen LogP contribution in [0.3, 0.4) is 0 Å². The van der Waals surface area contributed by atoms with Crippen molar-refractivity contribution >= 4 is 40.6 Å². The Balaban J connectivity index is 1.91. The predicted molar refractivity (Wildman–Crippen MR) is 126 cm³/mol. The minimum atomic E-state index is -0.278. The summed E-state index contributed by atoms with van der Waals surface area (Å²) in [5, 5.41) is 5.56. The third-order valence-corrected chi connectivity index (χ3v) is 5.09. The minimum Gasteiger partial charge on any atom is -0.326 e. The van der Waals surface area contributed by atoms with E-state index in [1.54, 1.807) is 54.4 Å². The van der Waals surface area contributed by atoms with Gasteiger partial charge in [-0.1, -0.05) is 20.3 Å². The van der Waals surface area contributed by atoms with Gasteiger partial charge in [-0.2, -0.15) is 0 Å². The molecule has 0 spiro atoms. The fourth-order valence-electron chi connectivity index (χ4n) is 3.51. The first-order valence-electron chi connectivity index (χ1n) is 10.8. The molecular weight excluding hydrogens is 406 g/mol. The van der Waals surface area contributed by atoms with Crippen LogP contribution in [0.5, 0.6) is 0 Å². The van der Waals surface area contributed by atoms with Crippen molar-refractivity contribution in [3.8, 4) is 0 Å². The van der Waals surface area contributed by atoms with Gasteiger partial charge in [0.2, 0.25) is 11.8 Å². The first kappa shape index (κ1) is 23.0. The van der Waals surface area contributed by atoms with Gasteiger partial charge in [-0.25, -0.2) is 4.98 Å². The van der Waals surface area contributed by atoms with Crippen LogP contribution in [-0.4, -0.2) is 33.7 Å². The molecule has 2 aromatic heterocycles. The van der Waals surface area contributed by atoms with Gasteiger partial charge in [0, 0.05) is 38.0 Å². The Kier molecular flexibility index (Phi) is 7.25. The van der Waals surface area contributed by atoms with E-state index in [1.807, 2.05) is 11.3 Å². The van der Waals surface area contributed by atoms with Crippen LogP contribution >= 0.6 is 0 Å². The maximum Gasteiger partial charge on any atom is 0.257 e. The van der Waals surface area contributed by atoms with Gasteiger partial charge in [0.05, 0.1) is 11.3 Å². The molecule has 3 rings (SSSR count). The van der Waals surface area contributed by atoms with Gasteiger partial charge >= 0.3 is 0 Å². The van der Waals surface area contributed by atoms with Crippen LogP contribution in [0.15, 0.2) is 42.6 Å². The Hall–Kier alpha value is -3.68. The third kappa shape index (κ3) is 5.14. The number of benzene rings is 1. The number of hydrogen-bond acceptors (Lipinski definition) is 4. The predicted octanol–water partition coefficient (Wildman–Crippen LogP) is 4.26. The number of hydrogen-bond donors (Lipinski definition) is 2. The van der Waals surface area contributed by atoms with Gasteiger partial charge in [0.1, 0.15) is 11.5 Å². The number of aryl methyl sites for hydroxylation is 1. The molecule has 1 aromatic carbocycles. The molecule has 0 unspecified atom stereocenters.